The predicted molar refractivity (Wildman–Crippen MR) is 137 cm³/mol. The summed E-state index contributed by atoms with van der Waals surface area (Å²) in [5.74, 6) is -0.549. The largest absolute Gasteiger partial charge is 0.460 e. The fourth-order valence-corrected chi connectivity index (χ4v) is 5.29. The van der Waals surface area contributed by atoms with Gasteiger partial charge in [0.1, 0.15) is 18.0 Å². The Balaban J connectivity index is 1.46. The summed E-state index contributed by atoms with van der Waals surface area (Å²) in [5.41, 5.74) is 0.811. The van der Waals surface area contributed by atoms with E-state index in [0.717, 1.165) is 19.9 Å². The first-order chi connectivity index (χ1) is 17.4. The van der Waals surface area contributed by atoms with Crippen LogP contribution in [0.4, 0.5) is 0 Å². The van der Waals surface area contributed by atoms with E-state index in [9.17, 15) is 9.59 Å². The van der Waals surface area contributed by atoms with Crippen molar-refractivity contribution in [1.82, 2.24) is 0 Å². The van der Waals surface area contributed by atoms with Crippen molar-refractivity contribution in [1.29, 1.82) is 0 Å². The van der Waals surface area contributed by atoms with Gasteiger partial charge in [-0.05, 0) is 39.4 Å². The molecule has 2 saturated heterocycles. The van der Waals surface area contributed by atoms with Gasteiger partial charge in [0.05, 0.1) is 10.2 Å². The van der Waals surface area contributed by atoms with E-state index in [0.29, 0.717) is 5.75 Å². The van der Waals surface area contributed by atoms with E-state index in [-0.39, 0.29) is 6.61 Å². The molecule has 0 amide bonds. The molecule has 0 spiro atoms. The van der Waals surface area contributed by atoms with Gasteiger partial charge in [-0.2, -0.15) is 0 Å². The molecule has 36 heavy (non-hydrogen) atoms. The molecule has 0 N–H and O–H groups in total. The second-order valence-electron chi connectivity index (χ2n) is 8.58. The normalized spacial score (nSPS) is 27.6. The topological polar surface area (TPSA) is 89.5 Å². The summed E-state index contributed by atoms with van der Waals surface area (Å²) in [4.78, 5) is 24.2. The minimum Gasteiger partial charge on any atom is -0.460 e. The Morgan fingerprint density at radius 3 is 2.31 bits per heavy atom. The Labute approximate surface area is 221 Å². The number of halogens is 1. The van der Waals surface area contributed by atoms with Gasteiger partial charge in [-0.3, -0.25) is 9.59 Å². The molecule has 2 heterocycles. The van der Waals surface area contributed by atoms with Crippen molar-refractivity contribution in [3.05, 3.63) is 75.9 Å². The van der Waals surface area contributed by atoms with E-state index < -0.39 is 48.9 Å². The first kappa shape index (κ1) is 24.9. The highest BCUT2D eigenvalue weighted by Gasteiger charge is 2.54. The van der Waals surface area contributed by atoms with Gasteiger partial charge in [-0.15, -0.1) is 0 Å². The van der Waals surface area contributed by atoms with Gasteiger partial charge in [0, 0.05) is 19.4 Å². The standard InChI is InChI=1S/C27H25IO8/c1-15(29)32-24-23-21(14-31-26(36-23)18-9-4-3-5-10-18)35-27(25(24)33-16(2)30)34-20-13-12-17-8-6-7-11-19(17)22(20)28/h3-13,21,23-27H,14H2,1-2H3/t21-,23-,24+,25-,26?,27-/m1/s1. The van der Waals surface area contributed by atoms with E-state index in [1.54, 1.807) is 0 Å². The monoisotopic (exact) mass is 604 g/mol. The van der Waals surface area contributed by atoms with Crippen molar-refractivity contribution >= 4 is 45.3 Å². The average molecular weight is 604 g/mol. The molecule has 5 rings (SSSR count). The van der Waals surface area contributed by atoms with Gasteiger partial charge in [-0.25, -0.2) is 0 Å². The molecule has 0 aromatic heterocycles. The first-order valence-electron chi connectivity index (χ1n) is 11.6. The van der Waals surface area contributed by atoms with Crippen LogP contribution in [0, 0.1) is 3.57 Å². The third kappa shape index (κ3) is 5.19. The molecule has 2 aliphatic rings. The number of benzene rings is 3. The van der Waals surface area contributed by atoms with Crippen LogP contribution < -0.4 is 4.74 Å². The van der Waals surface area contributed by atoms with Crippen molar-refractivity contribution in [3.63, 3.8) is 0 Å². The Morgan fingerprint density at radius 2 is 1.56 bits per heavy atom. The quantitative estimate of drug-likeness (QED) is 0.310. The van der Waals surface area contributed by atoms with E-state index in [4.69, 9.17) is 28.4 Å². The fourth-order valence-electron chi connectivity index (χ4n) is 4.49. The van der Waals surface area contributed by atoms with Crippen LogP contribution in [0.25, 0.3) is 10.8 Å². The molecule has 0 radical (unpaired) electrons. The van der Waals surface area contributed by atoms with Crippen LogP contribution in [-0.4, -0.2) is 49.3 Å². The average Bonchev–Trinajstić information content (AvgIpc) is 2.87. The van der Waals surface area contributed by atoms with Crippen LogP contribution in [-0.2, 0) is 33.3 Å². The lowest BCUT2D eigenvalue weighted by Gasteiger charge is -2.47. The van der Waals surface area contributed by atoms with Gasteiger partial charge < -0.3 is 28.4 Å². The van der Waals surface area contributed by atoms with E-state index >= 15 is 0 Å². The predicted octanol–water partition coefficient (Wildman–Crippen LogP) is 4.53. The smallest absolute Gasteiger partial charge is 0.303 e. The van der Waals surface area contributed by atoms with E-state index in [2.05, 4.69) is 22.6 Å². The minimum atomic E-state index is -1.07. The Kier molecular flexibility index (Phi) is 7.42. The molecule has 3 aromatic carbocycles. The third-order valence-electron chi connectivity index (χ3n) is 6.03. The molecule has 2 fully saturated rings. The lowest BCUT2D eigenvalue weighted by molar-refractivity contribution is -0.351. The second kappa shape index (κ2) is 10.7. The second-order valence-corrected chi connectivity index (χ2v) is 9.66. The van der Waals surface area contributed by atoms with Gasteiger partial charge >= 0.3 is 11.9 Å². The van der Waals surface area contributed by atoms with Gasteiger partial charge in [0.2, 0.25) is 12.4 Å². The van der Waals surface area contributed by atoms with Crippen LogP contribution in [0.3, 0.4) is 0 Å². The van der Waals surface area contributed by atoms with Gasteiger partial charge in [0.15, 0.2) is 12.4 Å². The van der Waals surface area contributed by atoms with Gasteiger partial charge in [0.25, 0.3) is 0 Å². The van der Waals surface area contributed by atoms with Crippen molar-refractivity contribution in [3.8, 4) is 5.75 Å². The molecule has 9 heteroatoms. The minimum absolute atomic E-state index is 0.170. The molecule has 0 bridgehead atoms. The Bertz CT molecular complexity index is 1250. The van der Waals surface area contributed by atoms with Crippen LogP contribution in [0.15, 0.2) is 66.7 Å². The number of hydrogen-bond acceptors (Lipinski definition) is 8. The lowest BCUT2D eigenvalue weighted by Crippen LogP contribution is -2.65. The van der Waals surface area contributed by atoms with Crippen molar-refractivity contribution < 1.29 is 38.0 Å². The summed E-state index contributed by atoms with van der Waals surface area (Å²) in [7, 11) is 0. The highest BCUT2D eigenvalue weighted by atomic mass is 127. The van der Waals surface area contributed by atoms with Crippen LogP contribution in [0.1, 0.15) is 25.7 Å². The van der Waals surface area contributed by atoms with E-state index in [1.807, 2.05) is 66.7 Å². The molecule has 1 unspecified atom stereocenters. The number of carbonyl (C=O) groups excluding carboxylic acids is 2. The van der Waals surface area contributed by atoms with E-state index in [1.165, 1.54) is 13.8 Å². The lowest BCUT2D eigenvalue weighted by atomic mass is 9.97. The maximum absolute atomic E-state index is 12.1. The number of carbonyl (C=O) groups is 2. The zero-order valence-corrected chi connectivity index (χ0v) is 21.8. The first-order valence-corrected chi connectivity index (χ1v) is 12.6. The summed E-state index contributed by atoms with van der Waals surface area (Å²) < 4.78 is 36.8. The SMILES string of the molecule is CC(=O)O[C@@H]1[C@@H](OC(C)=O)[C@H](Oc2ccc3ccccc3c2I)O[C@@H]2COC(c3ccccc3)O[C@@H]12. The molecular weight excluding hydrogens is 579 g/mol. The molecule has 188 valence electrons. The number of hydrogen-bond donors (Lipinski definition) is 0. The summed E-state index contributed by atoms with van der Waals surface area (Å²) in [6.45, 7) is 2.75. The molecular formula is C27H25IO8. The highest BCUT2D eigenvalue weighted by Crippen LogP contribution is 2.38. The van der Waals surface area contributed by atoms with Crippen LogP contribution in [0.5, 0.6) is 5.75 Å². The van der Waals surface area contributed by atoms with Crippen LogP contribution >= 0.6 is 22.6 Å². The zero-order valence-electron chi connectivity index (χ0n) is 19.7. The van der Waals surface area contributed by atoms with Crippen molar-refractivity contribution in [2.45, 2.75) is 50.8 Å². The number of rotatable bonds is 5. The summed E-state index contributed by atoms with van der Waals surface area (Å²) >= 11 is 2.22. The molecule has 0 saturated carbocycles. The fraction of sp³-hybridized carbons (Fsp3) is 0.333. The Morgan fingerprint density at radius 1 is 0.861 bits per heavy atom. The number of fused-ring (bicyclic) bond motifs is 2. The van der Waals surface area contributed by atoms with Gasteiger partial charge in [-0.1, -0.05) is 60.7 Å². The van der Waals surface area contributed by atoms with Crippen molar-refractivity contribution in [2.75, 3.05) is 6.61 Å². The molecule has 8 nitrogen and oxygen atoms in total. The van der Waals surface area contributed by atoms with Crippen molar-refractivity contribution in [2.24, 2.45) is 0 Å². The summed E-state index contributed by atoms with van der Waals surface area (Å²) in [6.07, 6.45) is -5.15. The zero-order chi connectivity index (χ0) is 25.2. The maximum atomic E-state index is 12.1. The number of esters is 2. The summed E-state index contributed by atoms with van der Waals surface area (Å²) in [5, 5.41) is 2.08. The summed E-state index contributed by atoms with van der Waals surface area (Å²) in [6, 6.07) is 21.1. The maximum Gasteiger partial charge on any atom is 0.303 e. The molecule has 3 aromatic rings. The molecule has 0 aliphatic carbocycles. The van der Waals surface area contributed by atoms with Crippen LogP contribution in [0.2, 0.25) is 0 Å². The molecule has 2 aliphatic heterocycles. The molecule has 6 atom stereocenters. The highest BCUT2D eigenvalue weighted by molar-refractivity contribution is 14.1. The third-order valence-corrected chi connectivity index (χ3v) is 7.14. The Hall–Kier alpha value is -2.73. The number of ether oxygens (including phenoxy) is 6.